The molecule has 0 spiro atoms. The van der Waals surface area contributed by atoms with E-state index in [0.29, 0.717) is 37.7 Å². The Balaban J connectivity index is 1.48. The number of nitrogens with zero attached hydrogens (tertiary/aromatic N) is 1. The molecule has 2 unspecified atom stereocenters. The minimum absolute atomic E-state index is 0.00126. The first-order valence-electron chi connectivity index (χ1n) is 15.8. The SMILES string of the molecule is NC(=O)[C@@H](CCCc1ccccc1)NC(=O)[C@@H](NC(=O)CP(=O)(O)C(NC(=O)c1cccnc1Cl)c1ccccc1)C1CCCCC1. The molecule has 0 bridgehead atoms. The molecule has 4 atom stereocenters. The Morgan fingerprint density at radius 1 is 0.915 bits per heavy atom. The third-order valence-electron chi connectivity index (χ3n) is 8.34. The molecule has 4 amide bonds. The fraction of sp³-hybridized carbons (Fsp3) is 0.382. The maximum absolute atomic E-state index is 13.9. The Hall–Kier alpha value is -4.05. The van der Waals surface area contributed by atoms with Gasteiger partial charge in [-0.3, -0.25) is 23.7 Å². The first-order valence-corrected chi connectivity index (χ1v) is 18.0. The van der Waals surface area contributed by atoms with Gasteiger partial charge in [-0.2, -0.15) is 0 Å². The lowest BCUT2D eigenvalue weighted by atomic mass is 9.83. The second kappa shape index (κ2) is 17.2. The minimum Gasteiger partial charge on any atom is -0.368 e. The smallest absolute Gasteiger partial charge is 0.255 e. The van der Waals surface area contributed by atoms with E-state index in [1.54, 1.807) is 30.3 Å². The minimum atomic E-state index is -4.50. The van der Waals surface area contributed by atoms with Crippen LogP contribution < -0.4 is 21.7 Å². The first-order chi connectivity index (χ1) is 22.5. The number of amides is 4. The van der Waals surface area contributed by atoms with Crippen molar-refractivity contribution in [3.05, 3.63) is 101 Å². The molecule has 1 heterocycles. The summed E-state index contributed by atoms with van der Waals surface area (Å²) in [5.41, 5.74) is 7.05. The molecule has 0 aliphatic heterocycles. The summed E-state index contributed by atoms with van der Waals surface area (Å²) in [4.78, 5) is 67.7. The van der Waals surface area contributed by atoms with Gasteiger partial charge in [-0.15, -0.1) is 0 Å². The van der Waals surface area contributed by atoms with Crippen molar-refractivity contribution in [3.8, 4) is 0 Å². The zero-order chi connectivity index (χ0) is 33.8. The van der Waals surface area contributed by atoms with Crippen LogP contribution in [0.3, 0.4) is 0 Å². The van der Waals surface area contributed by atoms with Gasteiger partial charge >= 0.3 is 0 Å². The van der Waals surface area contributed by atoms with Crippen LogP contribution in [-0.4, -0.2) is 51.8 Å². The topological polar surface area (TPSA) is 181 Å². The van der Waals surface area contributed by atoms with Crippen LogP contribution in [0.5, 0.6) is 0 Å². The number of nitrogens with one attached hydrogen (secondary N) is 3. The van der Waals surface area contributed by atoms with Gasteiger partial charge in [0.25, 0.3) is 5.91 Å². The average Bonchev–Trinajstić information content (AvgIpc) is 3.06. The van der Waals surface area contributed by atoms with Gasteiger partial charge in [0.15, 0.2) is 0 Å². The number of primary amides is 1. The molecule has 6 N–H and O–H groups in total. The van der Waals surface area contributed by atoms with E-state index >= 15 is 0 Å². The van der Waals surface area contributed by atoms with Gasteiger partial charge < -0.3 is 26.6 Å². The molecule has 0 saturated heterocycles. The van der Waals surface area contributed by atoms with E-state index in [2.05, 4.69) is 20.9 Å². The molecular formula is C34H41ClN5O6P. The van der Waals surface area contributed by atoms with E-state index in [9.17, 15) is 28.6 Å². The van der Waals surface area contributed by atoms with E-state index in [-0.39, 0.29) is 16.6 Å². The Bertz CT molecular complexity index is 1570. The van der Waals surface area contributed by atoms with Crippen LogP contribution in [0.4, 0.5) is 0 Å². The van der Waals surface area contributed by atoms with Gasteiger partial charge in [-0.25, -0.2) is 4.98 Å². The van der Waals surface area contributed by atoms with Crippen molar-refractivity contribution in [1.82, 2.24) is 20.9 Å². The molecule has 2 aromatic carbocycles. The zero-order valence-corrected chi connectivity index (χ0v) is 27.7. The molecule has 1 aliphatic rings. The molecule has 1 aromatic heterocycles. The maximum atomic E-state index is 13.9. The van der Waals surface area contributed by atoms with Crippen molar-refractivity contribution >= 4 is 42.6 Å². The molecule has 11 nitrogen and oxygen atoms in total. The first kappa shape index (κ1) is 35.8. The number of aryl methyl sites for hydroxylation is 1. The predicted octanol–water partition coefficient (Wildman–Crippen LogP) is 4.49. The van der Waals surface area contributed by atoms with Crippen LogP contribution in [-0.2, 0) is 25.4 Å². The van der Waals surface area contributed by atoms with E-state index in [0.717, 1.165) is 24.8 Å². The summed E-state index contributed by atoms with van der Waals surface area (Å²) >= 11 is 6.08. The third kappa shape index (κ3) is 10.5. The lowest BCUT2D eigenvalue weighted by Gasteiger charge is -2.32. The van der Waals surface area contributed by atoms with Crippen molar-refractivity contribution in [2.75, 3.05) is 6.16 Å². The number of aromatic nitrogens is 1. The summed E-state index contributed by atoms with van der Waals surface area (Å²) in [5.74, 6) is -4.52. The summed E-state index contributed by atoms with van der Waals surface area (Å²) in [5, 5.41) is 7.89. The van der Waals surface area contributed by atoms with E-state index in [1.165, 1.54) is 18.3 Å². The third-order valence-corrected chi connectivity index (χ3v) is 10.6. The summed E-state index contributed by atoms with van der Waals surface area (Å²) < 4.78 is 13.9. The van der Waals surface area contributed by atoms with Crippen molar-refractivity contribution < 1.29 is 28.6 Å². The molecule has 1 saturated carbocycles. The summed E-state index contributed by atoms with van der Waals surface area (Å²) in [6.07, 6.45) is 6.18. The Kier molecular flexibility index (Phi) is 13.1. The molecule has 4 rings (SSSR count). The number of carbonyl (C=O) groups is 4. The van der Waals surface area contributed by atoms with Crippen molar-refractivity contribution in [2.45, 2.75) is 69.2 Å². The number of rotatable bonds is 15. The number of pyridine rings is 1. The van der Waals surface area contributed by atoms with E-state index < -0.39 is 55.0 Å². The van der Waals surface area contributed by atoms with Gasteiger partial charge in [0.1, 0.15) is 29.2 Å². The molecule has 1 aliphatic carbocycles. The average molecular weight is 682 g/mol. The molecule has 1 fully saturated rings. The van der Waals surface area contributed by atoms with Crippen LogP contribution in [0, 0.1) is 5.92 Å². The van der Waals surface area contributed by atoms with Crippen molar-refractivity contribution in [2.24, 2.45) is 11.7 Å². The highest BCUT2D eigenvalue weighted by molar-refractivity contribution is 7.59. The lowest BCUT2D eigenvalue weighted by molar-refractivity contribution is -0.132. The van der Waals surface area contributed by atoms with Crippen LogP contribution >= 0.6 is 19.0 Å². The van der Waals surface area contributed by atoms with Crippen molar-refractivity contribution in [1.29, 1.82) is 0 Å². The maximum Gasteiger partial charge on any atom is 0.255 e. The monoisotopic (exact) mass is 681 g/mol. The fourth-order valence-corrected chi connectivity index (χ4v) is 7.74. The highest BCUT2D eigenvalue weighted by Crippen LogP contribution is 2.54. The van der Waals surface area contributed by atoms with Crippen LogP contribution in [0.15, 0.2) is 79.0 Å². The van der Waals surface area contributed by atoms with Gasteiger partial charge in [-0.1, -0.05) is 91.5 Å². The fourth-order valence-electron chi connectivity index (χ4n) is 5.89. The van der Waals surface area contributed by atoms with E-state index in [4.69, 9.17) is 17.3 Å². The number of carbonyl (C=O) groups excluding carboxylic acids is 4. The summed E-state index contributed by atoms with van der Waals surface area (Å²) in [6, 6.07) is 18.8. The molecule has 3 aromatic rings. The number of hydrogen-bond acceptors (Lipinski definition) is 6. The van der Waals surface area contributed by atoms with Gasteiger partial charge in [0.05, 0.1) is 5.56 Å². The standard InChI is InChI=1S/C34H41ClN5O6P/c35-30-26(19-11-21-37-30)32(43)40-34(25-17-8-3-9-18-25)47(45,46)22-28(41)39-29(24-15-6-2-7-16-24)33(44)38-27(31(36)42)20-10-14-23-12-4-1-5-13-23/h1,3-5,8-9,11-13,17-19,21,24,27,29,34H,2,6-7,10,14-16,20,22H2,(H2,36,42)(H,38,44)(H,39,41)(H,40,43)(H,45,46)/t27-,29+,34?/m1/s1. The quantitative estimate of drug-likeness (QED) is 0.116. The Morgan fingerprint density at radius 2 is 1.57 bits per heavy atom. The van der Waals surface area contributed by atoms with Gasteiger partial charge in [0.2, 0.25) is 25.1 Å². The number of halogens is 1. The van der Waals surface area contributed by atoms with Gasteiger partial charge in [-0.05, 0) is 61.3 Å². The molecule has 13 heteroatoms. The van der Waals surface area contributed by atoms with E-state index in [1.807, 2.05) is 30.3 Å². The number of hydrogen-bond donors (Lipinski definition) is 5. The Labute approximate surface area is 279 Å². The summed E-state index contributed by atoms with van der Waals surface area (Å²) in [6.45, 7) is 0. The zero-order valence-electron chi connectivity index (χ0n) is 26.0. The highest BCUT2D eigenvalue weighted by Gasteiger charge is 2.39. The molecule has 47 heavy (non-hydrogen) atoms. The second-order valence-corrected chi connectivity index (χ2v) is 14.5. The molecular weight excluding hydrogens is 641 g/mol. The molecule has 250 valence electrons. The predicted molar refractivity (Wildman–Crippen MR) is 180 cm³/mol. The summed E-state index contributed by atoms with van der Waals surface area (Å²) in [7, 11) is -4.50. The van der Waals surface area contributed by atoms with Crippen LogP contribution in [0.2, 0.25) is 5.15 Å². The lowest BCUT2D eigenvalue weighted by Crippen LogP contribution is -2.56. The van der Waals surface area contributed by atoms with Gasteiger partial charge in [0, 0.05) is 6.20 Å². The van der Waals surface area contributed by atoms with Crippen LogP contribution in [0.25, 0.3) is 0 Å². The number of benzene rings is 2. The van der Waals surface area contributed by atoms with Crippen molar-refractivity contribution in [3.63, 3.8) is 0 Å². The van der Waals surface area contributed by atoms with Crippen LogP contribution in [0.1, 0.15) is 72.2 Å². The largest absolute Gasteiger partial charge is 0.368 e. The molecule has 0 radical (unpaired) electrons. The Morgan fingerprint density at radius 3 is 2.21 bits per heavy atom. The highest BCUT2D eigenvalue weighted by atomic mass is 35.5. The second-order valence-electron chi connectivity index (χ2n) is 11.8. The number of nitrogens with two attached hydrogens (primary N) is 1. The normalized spacial score (nSPS) is 16.6.